The van der Waals surface area contributed by atoms with Crippen molar-refractivity contribution in [3.8, 4) is 0 Å². The molecule has 0 bridgehead atoms. The van der Waals surface area contributed by atoms with Crippen molar-refractivity contribution < 1.29 is 18.0 Å². The lowest BCUT2D eigenvalue weighted by molar-refractivity contribution is -0.139. The summed E-state index contributed by atoms with van der Waals surface area (Å²) in [4.78, 5) is 27.5. The van der Waals surface area contributed by atoms with Gasteiger partial charge in [-0.1, -0.05) is 66.2 Å². The Morgan fingerprint density at radius 2 is 1.44 bits per heavy atom. The second kappa shape index (κ2) is 11.0. The van der Waals surface area contributed by atoms with Crippen LogP contribution in [0.3, 0.4) is 0 Å². The van der Waals surface area contributed by atoms with Gasteiger partial charge in [0.15, 0.2) is 0 Å². The third kappa shape index (κ3) is 5.82. The summed E-state index contributed by atoms with van der Waals surface area (Å²) in [5.41, 5.74) is 2.28. The minimum atomic E-state index is -4.03. The number of nitrogens with zero attached hydrogens (tertiary/aromatic N) is 2. The fourth-order valence-electron chi connectivity index (χ4n) is 3.52. The molecule has 0 aliphatic carbocycles. The highest BCUT2D eigenvalue weighted by Crippen LogP contribution is 2.24. The van der Waals surface area contributed by atoms with E-state index >= 15 is 0 Å². The topological polar surface area (TPSA) is 86.8 Å². The SMILES string of the molecule is CNC(=O)C(C)N(Cc1ccc(C)cc1)C(=O)CN(c1ccccc1)S(=O)(=O)c1ccccc1. The first-order valence-corrected chi connectivity index (χ1v) is 12.4. The van der Waals surface area contributed by atoms with Gasteiger partial charge in [0.05, 0.1) is 10.6 Å². The molecule has 8 heteroatoms. The van der Waals surface area contributed by atoms with Gasteiger partial charge in [-0.2, -0.15) is 0 Å². The molecule has 0 heterocycles. The average molecular weight is 480 g/mol. The Bertz CT molecular complexity index is 1210. The quantitative estimate of drug-likeness (QED) is 0.510. The summed E-state index contributed by atoms with van der Waals surface area (Å²) >= 11 is 0. The van der Waals surface area contributed by atoms with Gasteiger partial charge in [-0.15, -0.1) is 0 Å². The first-order chi connectivity index (χ1) is 16.2. The molecule has 1 N–H and O–H groups in total. The van der Waals surface area contributed by atoms with Gasteiger partial charge < -0.3 is 10.2 Å². The van der Waals surface area contributed by atoms with E-state index in [4.69, 9.17) is 0 Å². The Morgan fingerprint density at radius 3 is 2.00 bits per heavy atom. The van der Waals surface area contributed by atoms with E-state index in [0.29, 0.717) is 5.69 Å². The molecule has 3 aromatic carbocycles. The molecule has 3 rings (SSSR count). The number of likely N-dealkylation sites (N-methyl/N-ethyl adjacent to an activating group) is 1. The summed E-state index contributed by atoms with van der Waals surface area (Å²) in [5.74, 6) is -0.822. The van der Waals surface area contributed by atoms with Crippen LogP contribution < -0.4 is 9.62 Å². The number of hydrogen-bond donors (Lipinski definition) is 1. The van der Waals surface area contributed by atoms with Crippen molar-refractivity contribution in [3.05, 3.63) is 96.1 Å². The third-order valence-corrected chi connectivity index (χ3v) is 7.33. The molecule has 2 amide bonds. The Kier molecular flexibility index (Phi) is 8.07. The number of rotatable bonds is 9. The molecule has 0 spiro atoms. The minimum Gasteiger partial charge on any atom is -0.357 e. The van der Waals surface area contributed by atoms with E-state index in [0.717, 1.165) is 15.4 Å². The molecule has 3 aromatic rings. The number of aryl methyl sites for hydroxylation is 1. The molecule has 0 saturated carbocycles. The summed E-state index contributed by atoms with van der Waals surface area (Å²) < 4.78 is 28.1. The van der Waals surface area contributed by atoms with Gasteiger partial charge >= 0.3 is 0 Å². The number of amides is 2. The van der Waals surface area contributed by atoms with Crippen LogP contribution in [-0.4, -0.2) is 44.8 Å². The van der Waals surface area contributed by atoms with Crippen molar-refractivity contribution in [1.82, 2.24) is 10.2 Å². The maximum Gasteiger partial charge on any atom is 0.264 e. The maximum absolute atomic E-state index is 13.6. The lowest BCUT2D eigenvalue weighted by atomic mass is 10.1. The summed E-state index contributed by atoms with van der Waals surface area (Å²) in [6.45, 7) is 3.31. The first kappa shape index (κ1) is 25.0. The molecule has 0 fully saturated rings. The number of anilines is 1. The zero-order valence-electron chi connectivity index (χ0n) is 19.5. The van der Waals surface area contributed by atoms with Gasteiger partial charge in [-0.25, -0.2) is 8.42 Å². The predicted octanol–water partition coefficient (Wildman–Crippen LogP) is 3.35. The molecule has 0 radical (unpaired) electrons. The second-order valence-corrected chi connectivity index (χ2v) is 9.82. The molecule has 0 aliphatic heterocycles. The zero-order chi connectivity index (χ0) is 24.7. The van der Waals surface area contributed by atoms with Crippen LogP contribution in [0, 0.1) is 6.92 Å². The lowest BCUT2D eigenvalue weighted by Gasteiger charge is -2.31. The molecule has 178 valence electrons. The first-order valence-electron chi connectivity index (χ1n) is 10.9. The number of benzene rings is 3. The van der Waals surface area contributed by atoms with Gasteiger partial charge in [0, 0.05) is 13.6 Å². The number of para-hydroxylation sites is 1. The van der Waals surface area contributed by atoms with Crippen molar-refractivity contribution in [3.63, 3.8) is 0 Å². The van der Waals surface area contributed by atoms with Crippen molar-refractivity contribution in [2.75, 3.05) is 17.9 Å². The van der Waals surface area contributed by atoms with Crippen LogP contribution in [0.25, 0.3) is 0 Å². The Labute approximate surface area is 201 Å². The molecule has 34 heavy (non-hydrogen) atoms. The highest BCUT2D eigenvalue weighted by molar-refractivity contribution is 7.92. The summed E-state index contributed by atoms with van der Waals surface area (Å²) in [6.07, 6.45) is 0. The number of carbonyl (C=O) groups excluding carboxylic acids is 2. The Morgan fingerprint density at radius 1 is 0.882 bits per heavy atom. The molecule has 1 atom stereocenters. The van der Waals surface area contributed by atoms with Crippen LogP contribution in [0.15, 0.2) is 89.8 Å². The lowest BCUT2D eigenvalue weighted by Crippen LogP contribution is -2.50. The highest BCUT2D eigenvalue weighted by Gasteiger charge is 2.32. The van der Waals surface area contributed by atoms with Gasteiger partial charge in [-0.3, -0.25) is 13.9 Å². The highest BCUT2D eigenvalue weighted by atomic mass is 32.2. The largest absolute Gasteiger partial charge is 0.357 e. The van der Waals surface area contributed by atoms with E-state index < -0.39 is 28.5 Å². The smallest absolute Gasteiger partial charge is 0.264 e. The van der Waals surface area contributed by atoms with Crippen LogP contribution in [0.5, 0.6) is 0 Å². The van der Waals surface area contributed by atoms with Gasteiger partial charge in [0.1, 0.15) is 12.6 Å². The van der Waals surface area contributed by atoms with Gasteiger partial charge in [0.25, 0.3) is 10.0 Å². The predicted molar refractivity (Wildman–Crippen MR) is 133 cm³/mol. The summed E-state index contributed by atoms with van der Waals surface area (Å²) in [6, 6.07) is 23.3. The standard InChI is InChI=1S/C26H29N3O4S/c1-20-14-16-22(17-15-20)18-28(21(2)26(31)27-3)25(30)19-29(23-10-6-4-7-11-23)34(32,33)24-12-8-5-9-13-24/h4-17,21H,18-19H2,1-3H3,(H,27,31). The molecule has 0 aromatic heterocycles. The number of carbonyl (C=O) groups is 2. The third-order valence-electron chi connectivity index (χ3n) is 5.54. The van der Waals surface area contributed by atoms with Crippen LogP contribution in [0.2, 0.25) is 0 Å². The minimum absolute atomic E-state index is 0.0797. The summed E-state index contributed by atoms with van der Waals surface area (Å²) in [7, 11) is -2.52. The van der Waals surface area contributed by atoms with Gasteiger partial charge in [0.2, 0.25) is 11.8 Å². The Hall–Kier alpha value is -3.65. The van der Waals surface area contributed by atoms with Crippen LogP contribution in [0.1, 0.15) is 18.1 Å². The van der Waals surface area contributed by atoms with Crippen LogP contribution in [0.4, 0.5) is 5.69 Å². The monoisotopic (exact) mass is 479 g/mol. The maximum atomic E-state index is 13.6. The van der Waals surface area contributed by atoms with Crippen molar-refractivity contribution >= 4 is 27.5 Å². The van der Waals surface area contributed by atoms with E-state index in [9.17, 15) is 18.0 Å². The number of hydrogen-bond acceptors (Lipinski definition) is 4. The van der Waals surface area contributed by atoms with Crippen molar-refractivity contribution in [2.24, 2.45) is 0 Å². The van der Waals surface area contributed by atoms with E-state index in [2.05, 4.69) is 5.32 Å². The Balaban J connectivity index is 1.98. The molecular weight excluding hydrogens is 450 g/mol. The summed E-state index contributed by atoms with van der Waals surface area (Å²) in [5, 5.41) is 2.57. The number of nitrogens with one attached hydrogen (secondary N) is 1. The fourth-order valence-corrected chi connectivity index (χ4v) is 4.96. The molecule has 1 unspecified atom stereocenters. The molecular formula is C26H29N3O4S. The molecule has 0 aliphatic rings. The molecule has 0 saturated heterocycles. The van der Waals surface area contributed by atoms with Gasteiger partial charge in [-0.05, 0) is 43.7 Å². The fraction of sp³-hybridized carbons (Fsp3) is 0.231. The normalized spacial score (nSPS) is 12.0. The van der Waals surface area contributed by atoms with Crippen molar-refractivity contribution in [2.45, 2.75) is 31.3 Å². The van der Waals surface area contributed by atoms with E-state index in [1.165, 1.54) is 24.1 Å². The van der Waals surface area contributed by atoms with E-state index in [-0.39, 0.29) is 17.3 Å². The van der Waals surface area contributed by atoms with Crippen molar-refractivity contribution in [1.29, 1.82) is 0 Å². The second-order valence-electron chi connectivity index (χ2n) is 7.96. The van der Waals surface area contributed by atoms with Crippen LogP contribution in [-0.2, 0) is 26.2 Å². The average Bonchev–Trinajstić information content (AvgIpc) is 2.86. The van der Waals surface area contributed by atoms with E-state index in [1.54, 1.807) is 55.5 Å². The van der Waals surface area contributed by atoms with E-state index in [1.807, 2.05) is 31.2 Å². The molecule has 7 nitrogen and oxygen atoms in total. The number of sulfonamides is 1. The zero-order valence-corrected chi connectivity index (χ0v) is 20.3. The van der Waals surface area contributed by atoms with Crippen LogP contribution >= 0.6 is 0 Å².